The van der Waals surface area contributed by atoms with E-state index in [2.05, 4.69) is 13.8 Å². The molecule has 0 rings (SSSR count). The van der Waals surface area contributed by atoms with Crippen LogP contribution in [0.25, 0.3) is 0 Å². The van der Waals surface area contributed by atoms with Crippen molar-refractivity contribution in [2.45, 2.75) is 91.6 Å². The molecule has 0 aromatic carbocycles. The van der Waals surface area contributed by atoms with Crippen LogP contribution in [-0.4, -0.2) is 71.3 Å². The van der Waals surface area contributed by atoms with Crippen molar-refractivity contribution >= 4 is 47.4 Å². The second kappa shape index (κ2) is 18.1. The Kier molecular flexibility index (Phi) is 17.3. The monoisotopic (exact) mass is 494 g/mol. The lowest BCUT2D eigenvalue weighted by Gasteiger charge is -2.35. The highest BCUT2D eigenvalue weighted by atomic mass is 32.2. The molecule has 0 saturated heterocycles. The molecule has 0 aliphatic carbocycles. The molecule has 32 heavy (non-hydrogen) atoms. The predicted molar refractivity (Wildman–Crippen MR) is 127 cm³/mol. The third-order valence-corrected chi connectivity index (χ3v) is 6.43. The molecule has 8 nitrogen and oxygen atoms in total. The summed E-state index contributed by atoms with van der Waals surface area (Å²) < 4.78 is 22.0. The summed E-state index contributed by atoms with van der Waals surface area (Å²) in [7, 11) is 0. The van der Waals surface area contributed by atoms with Crippen LogP contribution >= 0.6 is 23.5 Å². The van der Waals surface area contributed by atoms with E-state index >= 15 is 0 Å². The van der Waals surface area contributed by atoms with Crippen molar-refractivity contribution in [1.29, 1.82) is 0 Å². The zero-order valence-corrected chi connectivity index (χ0v) is 21.7. The van der Waals surface area contributed by atoms with Gasteiger partial charge in [0.15, 0.2) is 24.4 Å². The topological polar surface area (TPSA) is 105 Å². The lowest BCUT2D eigenvalue weighted by atomic mass is 10.0. The lowest BCUT2D eigenvalue weighted by Crippen LogP contribution is -2.53. The maximum atomic E-state index is 11.9. The van der Waals surface area contributed by atoms with Gasteiger partial charge < -0.3 is 18.9 Å². The number of rotatable bonds is 17. The molecule has 0 amide bonds. The van der Waals surface area contributed by atoms with E-state index in [1.165, 1.54) is 27.7 Å². The van der Waals surface area contributed by atoms with Gasteiger partial charge in [0.25, 0.3) is 0 Å². The quantitative estimate of drug-likeness (QED) is 0.168. The smallest absolute Gasteiger partial charge is 0.303 e. The van der Waals surface area contributed by atoms with Gasteiger partial charge in [-0.3, -0.25) is 19.2 Å². The summed E-state index contributed by atoms with van der Waals surface area (Å²) in [6, 6.07) is 0. The van der Waals surface area contributed by atoms with Gasteiger partial charge in [-0.1, -0.05) is 26.7 Å². The minimum atomic E-state index is -1.12. The van der Waals surface area contributed by atoms with E-state index in [1.807, 2.05) is 0 Å². The van der Waals surface area contributed by atoms with Gasteiger partial charge in [-0.25, -0.2) is 0 Å². The predicted octanol–water partition coefficient (Wildman–Crippen LogP) is 3.78. The molecule has 0 fully saturated rings. The fourth-order valence-corrected chi connectivity index (χ4v) is 5.10. The third kappa shape index (κ3) is 14.6. The number of unbranched alkanes of at least 4 members (excludes halogenated alkanes) is 2. The van der Waals surface area contributed by atoms with Crippen molar-refractivity contribution in [2.24, 2.45) is 0 Å². The first-order valence-corrected chi connectivity index (χ1v) is 13.3. The molecule has 0 spiro atoms. The van der Waals surface area contributed by atoms with E-state index in [4.69, 9.17) is 18.9 Å². The zero-order chi connectivity index (χ0) is 24.5. The summed E-state index contributed by atoms with van der Waals surface area (Å²) in [5, 5.41) is 0. The summed E-state index contributed by atoms with van der Waals surface area (Å²) in [4.78, 5) is 47.5. The van der Waals surface area contributed by atoms with Crippen LogP contribution in [0, 0.1) is 0 Å². The Morgan fingerprint density at radius 1 is 0.594 bits per heavy atom. The number of hydrogen-bond acceptors (Lipinski definition) is 10. The Labute approximate surface area is 200 Å². The molecule has 0 aliphatic rings. The van der Waals surface area contributed by atoms with Crippen LogP contribution in [0.2, 0.25) is 0 Å². The van der Waals surface area contributed by atoms with Crippen molar-refractivity contribution in [3.63, 3.8) is 0 Å². The van der Waals surface area contributed by atoms with Crippen LogP contribution in [0.4, 0.5) is 0 Å². The van der Waals surface area contributed by atoms with Gasteiger partial charge in [0, 0.05) is 39.2 Å². The van der Waals surface area contributed by atoms with Gasteiger partial charge in [-0.05, 0) is 24.3 Å². The molecule has 0 N–H and O–H groups in total. The Morgan fingerprint density at radius 3 is 1.16 bits per heavy atom. The molecule has 0 saturated carbocycles. The molecular weight excluding hydrogens is 456 g/mol. The molecule has 0 heterocycles. The molecule has 0 unspecified atom stereocenters. The summed E-state index contributed by atoms with van der Waals surface area (Å²) >= 11 is 3.10. The number of thioether (sulfide) groups is 2. The van der Waals surface area contributed by atoms with Crippen LogP contribution in [0.1, 0.15) is 67.2 Å². The maximum absolute atomic E-state index is 11.9. The number of ether oxygens (including phenoxy) is 4. The number of esters is 4. The molecule has 186 valence electrons. The Bertz CT molecular complexity index is 534. The molecule has 0 aliphatic heterocycles. The van der Waals surface area contributed by atoms with E-state index in [1.54, 1.807) is 23.5 Å². The molecular formula is C22H38O8S2. The normalized spacial score (nSPS) is 14.6. The van der Waals surface area contributed by atoms with Crippen molar-refractivity contribution in [1.82, 2.24) is 0 Å². The number of carbonyl (C=O) groups is 4. The molecule has 0 aromatic rings. The van der Waals surface area contributed by atoms with E-state index in [9.17, 15) is 19.2 Å². The molecule has 0 aromatic heterocycles. The summed E-state index contributed by atoms with van der Waals surface area (Å²) in [5.41, 5.74) is 0. The van der Waals surface area contributed by atoms with E-state index < -0.39 is 48.3 Å². The fourth-order valence-electron chi connectivity index (χ4n) is 2.80. The minimum absolute atomic E-state index is 0.338. The first kappa shape index (κ1) is 30.6. The van der Waals surface area contributed by atoms with Crippen molar-refractivity contribution in [3.05, 3.63) is 0 Å². The maximum Gasteiger partial charge on any atom is 0.303 e. The first-order chi connectivity index (χ1) is 15.1. The second-order valence-electron chi connectivity index (χ2n) is 7.30. The number of hydrogen-bond donors (Lipinski definition) is 0. The minimum Gasteiger partial charge on any atom is -0.458 e. The van der Waals surface area contributed by atoms with Gasteiger partial charge >= 0.3 is 23.9 Å². The summed E-state index contributed by atoms with van der Waals surface area (Å²) in [6.45, 7) is 9.12. The molecule has 10 heteroatoms. The Hall–Kier alpha value is -1.42. The van der Waals surface area contributed by atoms with E-state index in [-0.39, 0.29) is 0 Å². The highest BCUT2D eigenvalue weighted by Gasteiger charge is 2.43. The van der Waals surface area contributed by atoms with Crippen LogP contribution in [-0.2, 0) is 38.1 Å². The molecule has 0 radical (unpaired) electrons. The average molecular weight is 495 g/mol. The summed E-state index contributed by atoms with van der Waals surface area (Å²) in [5.74, 6) is -0.00154. The highest BCUT2D eigenvalue weighted by Crippen LogP contribution is 2.24. The SMILES string of the molecule is CCCCSC[C@H](OC(C)=O)[C@@H](OC(C)=O)[C@H](OC(C)=O)[C@@H](CSCCCC)OC(C)=O. The highest BCUT2D eigenvalue weighted by molar-refractivity contribution is 7.99. The molecule has 0 bridgehead atoms. The largest absolute Gasteiger partial charge is 0.458 e. The number of carbonyl (C=O) groups excluding carboxylic acids is 4. The molecule has 4 atom stereocenters. The second-order valence-corrected chi connectivity index (χ2v) is 9.60. The van der Waals surface area contributed by atoms with Crippen LogP contribution < -0.4 is 0 Å². The van der Waals surface area contributed by atoms with Gasteiger partial charge in [0.1, 0.15) is 0 Å². The van der Waals surface area contributed by atoms with Gasteiger partial charge in [-0.2, -0.15) is 23.5 Å². The van der Waals surface area contributed by atoms with E-state index in [0.29, 0.717) is 11.5 Å². The lowest BCUT2D eigenvalue weighted by molar-refractivity contribution is -0.194. The van der Waals surface area contributed by atoms with Crippen molar-refractivity contribution in [2.75, 3.05) is 23.0 Å². The van der Waals surface area contributed by atoms with Gasteiger partial charge in [0.2, 0.25) is 0 Å². The van der Waals surface area contributed by atoms with Crippen LogP contribution in [0.3, 0.4) is 0 Å². The van der Waals surface area contributed by atoms with Gasteiger partial charge in [0.05, 0.1) is 0 Å². The summed E-state index contributed by atoms with van der Waals surface area (Å²) in [6.07, 6.45) is -0.00438. The van der Waals surface area contributed by atoms with E-state index in [0.717, 1.165) is 37.2 Å². The average Bonchev–Trinajstić information content (AvgIpc) is 2.68. The first-order valence-electron chi connectivity index (χ1n) is 11.0. The zero-order valence-electron chi connectivity index (χ0n) is 20.0. The van der Waals surface area contributed by atoms with Gasteiger partial charge in [-0.15, -0.1) is 0 Å². The Morgan fingerprint density at radius 2 is 0.906 bits per heavy atom. The standard InChI is InChI=1S/C22H38O8S2/c1-7-9-11-31-13-19(27-15(3)23)21(29-17(5)25)22(30-18(6)26)20(28-16(4)24)14-32-12-10-8-2/h19-22H,7-14H2,1-6H3/t19-,20+,21-,22-/m1/s1. The van der Waals surface area contributed by atoms with Crippen LogP contribution in [0.5, 0.6) is 0 Å². The third-order valence-electron chi connectivity index (χ3n) is 4.14. The van der Waals surface area contributed by atoms with Crippen molar-refractivity contribution < 1.29 is 38.1 Å². The van der Waals surface area contributed by atoms with Crippen molar-refractivity contribution in [3.8, 4) is 0 Å². The Balaban J connectivity index is 5.95. The fraction of sp³-hybridized carbons (Fsp3) is 0.818. The van der Waals surface area contributed by atoms with Crippen LogP contribution in [0.15, 0.2) is 0 Å².